The summed E-state index contributed by atoms with van der Waals surface area (Å²) < 4.78 is 39.9. The molecule has 15 heavy (non-hydrogen) atoms. The third-order valence-corrected chi connectivity index (χ3v) is 1.98. The lowest BCUT2D eigenvalue weighted by Gasteiger charge is -2.23. The molecule has 0 spiro atoms. The highest BCUT2D eigenvalue weighted by atomic mass is 19.4. The first-order chi connectivity index (χ1) is 6.66. The molecule has 1 unspecified atom stereocenters. The van der Waals surface area contributed by atoms with Crippen LogP contribution in [0.4, 0.5) is 13.2 Å². The highest BCUT2D eigenvalue weighted by molar-refractivity contribution is 5.70. The summed E-state index contributed by atoms with van der Waals surface area (Å²) in [5, 5.41) is 0. The Balaban J connectivity index is 3.89. The number of alkyl halides is 3. The lowest BCUT2D eigenvalue weighted by atomic mass is 9.92. The Bertz CT molecular complexity index is 214. The first-order valence-corrected chi connectivity index (χ1v) is 4.59. The normalized spacial score (nSPS) is 15.9. The molecule has 0 bridgehead atoms. The van der Waals surface area contributed by atoms with Gasteiger partial charge >= 0.3 is 12.1 Å². The molecule has 90 valence electrons. The van der Waals surface area contributed by atoms with Gasteiger partial charge in [-0.25, -0.2) is 0 Å². The van der Waals surface area contributed by atoms with Gasteiger partial charge in [0, 0.05) is 12.0 Å². The summed E-state index contributed by atoms with van der Waals surface area (Å²) in [6.45, 7) is 1.54. The van der Waals surface area contributed by atoms with Crippen LogP contribution in [0.1, 0.15) is 32.6 Å². The number of halogens is 3. The molecule has 0 aromatic heterocycles. The van der Waals surface area contributed by atoms with Gasteiger partial charge in [0.25, 0.3) is 0 Å². The zero-order chi connectivity index (χ0) is 12.1. The summed E-state index contributed by atoms with van der Waals surface area (Å²) in [4.78, 5) is 10.9. The summed E-state index contributed by atoms with van der Waals surface area (Å²) in [6.07, 6.45) is -5.04. The summed E-state index contributed by atoms with van der Waals surface area (Å²) in [6, 6.07) is 0. The summed E-state index contributed by atoms with van der Waals surface area (Å²) >= 11 is 0. The Labute approximate surface area is 86.8 Å². The number of esters is 1. The van der Waals surface area contributed by atoms with E-state index in [2.05, 4.69) is 4.74 Å². The van der Waals surface area contributed by atoms with Crippen molar-refractivity contribution in [1.29, 1.82) is 0 Å². The van der Waals surface area contributed by atoms with Gasteiger partial charge in [-0.3, -0.25) is 4.79 Å². The van der Waals surface area contributed by atoms with Crippen LogP contribution in [0.3, 0.4) is 0 Å². The van der Waals surface area contributed by atoms with Gasteiger partial charge in [0.2, 0.25) is 0 Å². The second kappa shape index (κ2) is 5.34. The smallest absolute Gasteiger partial charge is 0.389 e. The number of hydrogen-bond donors (Lipinski definition) is 1. The van der Waals surface area contributed by atoms with E-state index >= 15 is 0 Å². The predicted molar refractivity (Wildman–Crippen MR) is 49.1 cm³/mol. The summed E-state index contributed by atoms with van der Waals surface area (Å²) in [7, 11) is 1.22. The average molecular weight is 227 g/mol. The van der Waals surface area contributed by atoms with E-state index in [0.717, 1.165) is 0 Å². The highest BCUT2D eigenvalue weighted by Gasteiger charge is 2.29. The SMILES string of the molecule is COC(=O)CC(C)(N)CCCC(F)(F)F. The molecule has 2 N–H and O–H groups in total. The Hall–Kier alpha value is -0.780. The average Bonchev–Trinajstić information content (AvgIpc) is 2.00. The topological polar surface area (TPSA) is 52.3 Å². The maximum Gasteiger partial charge on any atom is 0.389 e. The first kappa shape index (κ1) is 14.2. The van der Waals surface area contributed by atoms with Crippen molar-refractivity contribution < 1.29 is 22.7 Å². The van der Waals surface area contributed by atoms with E-state index in [0.29, 0.717) is 0 Å². The van der Waals surface area contributed by atoms with Crippen LogP contribution in [0.2, 0.25) is 0 Å². The van der Waals surface area contributed by atoms with Crippen LogP contribution in [0, 0.1) is 0 Å². The molecule has 0 aliphatic rings. The quantitative estimate of drug-likeness (QED) is 0.731. The standard InChI is InChI=1S/C9H16F3NO2/c1-8(13,6-7(14)15-2)4-3-5-9(10,11)12/h3-6,13H2,1-2H3. The van der Waals surface area contributed by atoms with Gasteiger partial charge in [-0.05, 0) is 19.8 Å². The van der Waals surface area contributed by atoms with E-state index in [1.165, 1.54) is 7.11 Å². The summed E-state index contributed by atoms with van der Waals surface area (Å²) in [5.74, 6) is -0.507. The number of carbonyl (C=O) groups excluding carboxylic acids is 1. The molecule has 0 fully saturated rings. The van der Waals surface area contributed by atoms with Crippen molar-refractivity contribution in [1.82, 2.24) is 0 Å². The zero-order valence-corrected chi connectivity index (χ0v) is 8.86. The number of carbonyl (C=O) groups is 1. The van der Waals surface area contributed by atoms with Crippen LogP contribution < -0.4 is 5.73 Å². The van der Waals surface area contributed by atoms with Crippen LogP contribution in [0.5, 0.6) is 0 Å². The number of methoxy groups -OCH3 is 1. The van der Waals surface area contributed by atoms with Crippen molar-refractivity contribution in [2.24, 2.45) is 5.73 Å². The molecule has 0 saturated heterocycles. The van der Waals surface area contributed by atoms with Crippen LogP contribution in [-0.2, 0) is 9.53 Å². The van der Waals surface area contributed by atoms with E-state index < -0.39 is 24.1 Å². The Morgan fingerprint density at radius 1 is 1.33 bits per heavy atom. The molecule has 0 aromatic rings. The fourth-order valence-electron chi connectivity index (χ4n) is 1.18. The van der Waals surface area contributed by atoms with E-state index in [9.17, 15) is 18.0 Å². The molecule has 0 heterocycles. The monoisotopic (exact) mass is 227 g/mol. The zero-order valence-electron chi connectivity index (χ0n) is 8.86. The van der Waals surface area contributed by atoms with Crippen molar-refractivity contribution in [3.05, 3.63) is 0 Å². The predicted octanol–water partition coefficient (Wildman–Crippen LogP) is 2.00. The molecule has 0 aromatic carbocycles. The van der Waals surface area contributed by atoms with Crippen molar-refractivity contribution in [2.75, 3.05) is 7.11 Å². The second-order valence-electron chi connectivity index (χ2n) is 3.88. The number of nitrogens with two attached hydrogens (primary N) is 1. The molecule has 6 heteroatoms. The van der Waals surface area contributed by atoms with E-state index in [1.807, 2.05) is 0 Å². The van der Waals surface area contributed by atoms with E-state index in [1.54, 1.807) is 6.92 Å². The van der Waals surface area contributed by atoms with Crippen LogP contribution in [-0.4, -0.2) is 24.8 Å². The number of ether oxygens (including phenoxy) is 1. The maximum absolute atomic E-state index is 11.8. The Kier molecular flexibility index (Phi) is 5.07. The minimum absolute atomic E-state index is 0.0681. The molecule has 0 aliphatic heterocycles. The molecular weight excluding hydrogens is 211 g/mol. The number of hydrogen-bond acceptors (Lipinski definition) is 3. The molecule has 0 radical (unpaired) electrons. The highest BCUT2D eigenvalue weighted by Crippen LogP contribution is 2.25. The minimum Gasteiger partial charge on any atom is -0.469 e. The molecule has 0 amide bonds. The Morgan fingerprint density at radius 3 is 2.27 bits per heavy atom. The molecule has 0 aliphatic carbocycles. The third kappa shape index (κ3) is 8.23. The maximum atomic E-state index is 11.8. The van der Waals surface area contributed by atoms with Crippen molar-refractivity contribution in [3.8, 4) is 0 Å². The largest absolute Gasteiger partial charge is 0.469 e. The van der Waals surface area contributed by atoms with Gasteiger partial charge in [0.1, 0.15) is 0 Å². The van der Waals surface area contributed by atoms with E-state index in [4.69, 9.17) is 5.73 Å². The van der Waals surface area contributed by atoms with Crippen molar-refractivity contribution in [2.45, 2.75) is 44.3 Å². The second-order valence-corrected chi connectivity index (χ2v) is 3.88. The van der Waals surface area contributed by atoms with Crippen molar-refractivity contribution >= 4 is 5.97 Å². The minimum atomic E-state index is -4.17. The number of rotatable bonds is 5. The summed E-state index contributed by atoms with van der Waals surface area (Å²) in [5.41, 5.74) is 4.72. The lowest BCUT2D eigenvalue weighted by Crippen LogP contribution is -2.39. The van der Waals surface area contributed by atoms with Crippen LogP contribution in [0.25, 0.3) is 0 Å². The van der Waals surface area contributed by atoms with Gasteiger partial charge in [-0.2, -0.15) is 13.2 Å². The fraction of sp³-hybridized carbons (Fsp3) is 0.889. The molecular formula is C9H16F3NO2. The molecule has 3 nitrogen and oxygen atoms in total. The van der Waals surface area contributed by atoms with Gasteiger partial charge < -0.3 is 10.5 Å². The van der Waals surface area contributed by atoms with Gasteiger partial charge in [0.05, 0.1) is 13.5 Å². The molecule has 0 saturated carbocycles. The third-order valence-electron chi connectivity index (χ3n) is 1.98. The van der Waals surface area contributed by atoms with Gasteiger partial charge in [0.15, 0.2) is 0 Å². The van der Waals surface area contributed by atoms with Gasteiger partial charge in [-0.15, -0.1) is 0 Å². The lowest BCUT2D eigenvalue weighted by molar-refractivity contribution is -0.142. The van der Waals surface area contributed by atoms with E-state index in [-0.39, 0.29) is 19.3 Å². The van der Waals surface area contributed by atoms with Crippen LogP contribution >= 0.6 is 0 Å². The fourth-order valence-corrected chi connectivity index (χ4v) is 1.18. The van der Waals surface area contributed by atoms with Crippen molar-refractivity contribution in [3.63, 3.8) is 0 Å². The molecule has 1 atom stereocenters. The molecule has 0 rings (SSSR count). The van der Waals surface area contributed by atoms with Gasteiger partial charge in [-0.1, -0.05) is 0 Å². The first-order valence-electron chi connectivity index (χ1n) is 4.59. The van der Waals surface area contributed by atoms with Crippen LogP contribution in [0.15, 0.2) is 0 Å². The Morgan fingerprint density at radius 2 is 1.87 bits per heavy atom.